The predicted octanol–water partition coefficient (Wildman–Crippen LogP) is 1.48. The third-order valence-corrected chi connectivity index (χ3v) is 4.22. The van der Waals surface area contributed by atoms with Gasteiger partial charge in [0.15, 0.2) is 5.11 Å². The smallest absolute Gasteiger partial charge is 0.254 e. The molecule has 1 fully saturated rings. The zero-order valence-corrected chi connectivity index (χ0v) is 13.6. The second kappa shape index (κ2) is 6.64. The molecule has 1 saturated heterocycles. The summed E-state index contributed by atoms with van der Waals surface area (Å²) in [5.41, 5.74) is 2.12. The molecule has 1 atom stereocenters. The summed E-state index contributed by atoms with van der Waals surface area (Å²) in [5, 5.41) is 6.58. The molecule has 3 rings (SSSR count). The van der Waals surface area contributed by atoms with Crippen LogP contribution in [0.2, 0.25) is 0 Å². The van der Waals surface area contributed by atoms with E-state index in [9.17, 15) is 9.18 Å². The minimum absolute atomic E-state index is 0.0531. The van der Waals surface area contributed by atoms with Crippen LogP contribution in [0.3, 0.4) is 0 Å². The van der Waals surface area contributed by atoms with Gasteiger partial charge in [-0.3, -0.25) is 4.79 Å². The number of halogens is 1. The number of carbonyl (C=O) groups is 1. The number of nitrogens with one attached hydrogen (secondary N) is 2. The third-order valence-electron chi connectivity index (χ3n) is 4.00. The maximum atomic E-state index is 13.2. The monoisotopic (exact) mass is 335 g/mol. The van der Waals surface area contributed by atoms with Crippen molar-refractivity contribution in [2.45, 2.75) is 13.0 Å². The average Bonchev–Trinajstić information content (AvgIpc) is 2.55. The van der Waals surface area contributed by atoms with Crippen LogP contribution in [0, 0.1) is 5.82 Å². The standard InChI is InChI=1S/C16H18FN3O2S/c1-10-13(15(21)20-6-8-22-9-7-20)14(19-16(23)18-10)11-2-4-12(17)5-3-11/h2-5,14H,6-9H2,1H3,(H2,18,19,23). The van der Waals surface area contributed by atoms with Gasteiger partial charge in [-0.1, -0.05) is 12.1 Å². The SMILES string of the molecule is CC1=C(C(=O)N2CCOCC2)C(c2ccc(F)cc2)NC(=S)N1. The molecule has 2 aliphatic rings. The maximum absolute atomic E-state index is 13.2. The zero-order valence-electron chi connectivity index (χ0n) is 12.8. The number of allylic oxidation sites excluding steroid dienone is 1. The number of rotatable bonds is 2. The van der Waals surface area contributed by atoms with Crippen molar-refractivity contribution in [3.05, 3.63) is 46.9 Å². The minimum Gasteiger partial charge on any atom is -0.378 e. The summed E-state index contributed by atoms with van der Waals surface area (Å²) in [6, 6.07) is 5.71. The molecule has 1 aromatic rings. The summed E-state index contributed by atoms with van der Waals surface area (Å²) < 4.78 is 18.5. The molecule has 23 heavy (non-hydrogen) atoms. The first kappa shape index (κ1) is 15.9. The molecule has 7 heteroatoms. The molecule has 2 heterocycles. The summed E-state index contributed by atoms with van der Waals surface area (Å²) in [4.78, 5) is 14.7. The fourth-order valence-corrected chi connectivity index (χ4v) is 3.09. The first-order chi connectivity index (χ1) is 11.1. The lowest BCUT2D eigenvalue weighted by Crippen LogP contribution is -2.49. The number of hydrogen-bond acceptors (Lipinski definition) is 3. The molecule has 0 aromatic heterocycles. The van der Waals surface area contributed by atoms with E-state index in [1.165, 1.54) is 12.1 Å². The summed E-state index contributed by atoms with van der Waals surface area (Å²) in [5.74, 6) is -0.366. The summed E-state index contributed by atoms with van der Waals surface area (Å²) in [6.07, 6.45) is 0. The quantitative estimate of drug-likeness (QED) is 0.802. The summed E-state index contributed by atoms with van der Waals surface area (Å²) in [7, 11) is 0. The number of amides is 1. The molecule has 1 amide bonds. The number of ether oxygens (including phenoxy) is 1. The van der Waals surface area contributed by atoms with E-state index in [0.29, 0.717) is 37.0 Å². The topological polar surface area (TPSA) is 53.6 Å². The highest BCUT2D eigenvalue weighted by Crippen LogP contribution is 2.28. The molecule has 0 aliphatic carbocycles. The first-order valence-electron chi connectivity index (χ1n) is 7.47. The van der Waals surface area contributed by atoms with Crippen LogP contribution in [0.15, 0.2) is 35.5 Å². The van der Waals surface area contributed by atoms with E-state index in [1.54, 1.807) is 17.0 Å². The summed E-state index contributed by atoms with van der Waals surface area (Å²) in [6.45, 7) is 4.04. The van der Waals surface area contributed by atoms with Crippen molar-refractivity contribution in [3.8, 4) is 0 Å². The predicted molar refractivity (Wildman–Crippen MR) is 88.1 cm³/mol. The largest absolute Gasteiger partial charge is 0.378 e. The van der Waals surface area contributed by atoms with Gasteiger partial charge in [-0.15, -0.1) is 0 Å². The van der Waals surface area contributed by atoms with E-state index < -0.39 is 0 Å². The van der Waals surface area contributed by atoms with E-state index in [2.05, 4.69) is 10.6 Å². The lowest BCUT2D eigenvalue weighted by Gasteiger charge is -2.34. The van der Waals surface area contributed by atoms with Crippen LogP contribution >= 0.6 is 12.2 Å². The Morgan fingerprint density at radius 2 is 1.96 bits per heavy atom. The van der Waals surface area contributed by atoms with Crippen LogP contribution < -0.4 is 10.6 Å². The number of carbonyl (C=O) groups excluding carboxylic acids is 1. The van der Waals surface area contributed by atoms with Crippen LogP contribution in [-0.4, -0.2) is 42.2 Å². The van der Waals surface area contributed by atoms with Crippen LogP contribution in [0.25, 0.3) is 0 Å². The van der Waals surface area contributed by atoms with Crippen LogP contribution in [0.5, 0.6) is 0 Å². The Bertz CT molecular complexity index is 654. The van der Waals surface area contributed by atoms with Gasteiger partial charge in [0, 0.05) is 18.8 Å². The molecule has 5 nitrogen and oxygen atoms in total. The normalized spacial score (nSPS) is 21.7. The van der Waals surface area contributed by atoms with Crippen molar-refractivity contribution >= 4 is 23.2 Å². The van der Waals surface area contributed by atoms with Crippen molar-refractivity contribution in [2.75, 3.05) is 26.3 Å². The van der Waals surface area contributed by atoms with Gasteiger partial charge in [0.05, 0.1) is 24.8 Å². The fourth-order valence-electron chi connectivity index (χ4n) is 2.82. The van der Waals surface area contributed by atoms with Gasteiger partial charge >= 0.3 is 0 Å². The van der Waals surface area contributed by atoms with Gasteiger partial charge in [-0.05, 0) is 36.8 Å². The van der Waals surface area contributed by atoms with Crippen molar-refractivity contribution in [2.24, 2.45) is 0 Å². The van der Waals surface area contributed by atoms with Crippen molar-refractivity contribution < 1.29 is 13.9 Å². The highest BCUT2D eigenvalue weighted by Gasteiger charge is 2.33. The maximum Gasteiger partial charge on any atom is 0.254 e. The van der Waals surface area contributed by atoms with Gasteiger partial charge in [0.2, 0.25) is 0 Å². The molecule has 1 unspecified atom stereocenters. The fraction of sp³-hybridized carbons (Fsp3) is 0.375. The zero-order chi connectivity index (χ0) is 16.4. The molecular weight excluding hydrogens is 317 g/mol. The number of morpholine rings is 1. The van der Waals surface area contributed by atoms with E-state index in [0.717, 1.165) is 11.3 Å². The Morgan fingerprint density at radius 1 is 1.30 bits per heavy atom. The van der Waals surface area contributed by atoms with Gasteiger partial charge in [0.1, 0.15) is 5.82 Å². The summed E-state index contributed by atoms with van der Waals surface area (Å²) >= 11 is 5.21. The molecule has 0 bridgehead atoms. The number of thiocarbonyl (C=S) groups is 1. The second-order valence-corrected chi connectivity index (χ2v) is 5.93. The minimum atomic E-state index is -0.389. The van der Waals surface area contributed by atoms with Crippen molar-refractivity contribution in [1.82, 2.24) is 15.5 Å². The molecule has 2 N–H and O–H groups in total. The van der Waals surface area contributed by atoms with Gasteiger partial charge in [-0.25, -0.2) is 4.39 Å². The number of hydrogen-bond donors (Lipinski definition) is 2. The van der Waals surface area contributed by atoms with Gasteiger partial charge < -0.3 is 20.3 Å². The third kappa shape index (κ3) is 3.35. The number of nitrogens with zero attached hydrogens (tertiary/aromatic N) is 1. The van der Waals surface area contributed by atoms with Crippen LogP contribution in [0.4, 0.5) is 4.39 Å². The molecule has 122 valence electrons. The van der Waals surface area contributed by atoms with Crippen molar-refractivity contribution in [1.29, 1.82) is 0 Å². The highest BCUT2D eigenvalue weighted by atomic mass is 32.1. The lowest BCUT2D eigenvalue weighted by molar-refractivity contribution is -0.131. The van der Waals surface area contributed by atoms with Gasteiger partial charge in [0.25, 0.3) is 5.91 Å². The first-order valence-corrected chi connectivity index (χ1v) is 7.88. The molecule has 1 aromatic carbocycles. The van der Waals surface area contributed by atoms with Crippen molar-refractivity contribution in [3.63, 3.8) is 0 Å². The van der Waals surface area contributed by atoms with Crippen LogP contribution in [0.1, 0.15) is 18.5 Å². The Labute approximate surface area is 139 Å². The van der Waals surface area contributed by atoms with E-state index in [-0.39, 0.29) is 17.8 Å². The lowest BCUT2D eigenvalue weighted by atomic mass is 9.94. The Morgan fingerprint density at radius 3 is 2.61 bits per heavy atom. The molecule has 0 radical (unpaired) electrons. The van der Waals surface area contributed by atoms with Gasteiger partial charge in [-0.2, -0.15) is 0 Å². The molecular formula is C16H18FN3O2S. The molecule has 0 spiro atoms. The van der Waals surface area contributed by atoms with E-state index in [4.69, 9.17) is 17.0 Å². The number of benzene rings is 1. The van der Waals surface area contributed by atoms with E-state index >= 15 is 0 Å². The van der Waals surface area contributed by atoms with Crippen LogP contribution in [-0.2, 0) is 9.53 Å². The average molecular weight is 335 g/mol. The van der Waals surface area contributed by atoms with E-state index in [1.807, 2.05) is 6.92 Å². The molecule has 0 saturated carbocycles. The Balaban J connectivity index is 1.95. The molecule has 2 aliphatic heterocycles. The Kier molecular flexibility index (Phi) is 4.58. The second-order valence-electron chi connectivity index (χ2n) is 5.53. The Hall–Kier alpha value is -1.99. The highest BCUT2D eigenvalue weighted by molar-refractivity contribution is 7.80.